The van der Waals surface area contributed by atoms with E-state index in [0.29, 0.717) is 29.6 Å². The van der Waals surface area contributed by atoms with Crippen molar-refractivity contribution in [3.8, 4) is 11.5 Å². The zero-order valence-corrected chi connectivity index (χ0v) is 18.9. The van der Waals surface area contributed by atoms with Crippen LogP contribution in [0.15, 0.2) is 78.9 Å². The van der Waals surface area contributed by atoms with Gasteiger partial charge in [-0.15, -0.1) is 10.2 Å². The zero-order chi connectivity index (χ0) is 23.1. The Bertz CT molecular complexity index is 1340. The highest BCUT2D eigenvalue weighted by Crippen LogP contribution is 2.44. The molecule has 0 spiro atoms. The summed E-state index contributed by atoms with van der Waals surface area (Å²) in [7, 11) is 0. The van der Waals surface area contributed by atoms with E-state index in [1.54, 1.807) is 4.90 Å². The highest BCUT2D eigenvalue weighted by Gasteiger charge is 2.35. The lowest BCUT2D eigenvalue weighted by atomic mass is 9.87. The van der Waals surface area contributed by atoms with Gasteiger partial charge in [0.25, 0.3) is 0 Å². The molecule has 2 aliphatic rings. The minimum absolute atomic E-state index is 0.0552. The molecule has 34 heavy (non-hydrogen) atoms. The summed E-state index contributed by atoms with van der Waals surface area (Å²) in [5.74, 6) is 0.636. The van der Waals surface area contributed by atoms with Crippen LogP contribution in [0.2, 0.25) is 0 Å². The van der Waals surface area contributed by atoms with Crippen LogP contribution >= 0.6 is 11.3 Å². The van der Waals surface area contributed by atoms with Gasteiger partial charge in [-0.2, -0.15) is 0 Å². The molecule has 1 aromatic heterocycles. The second-order valence-electron chi connectivity index (χ2n) is 8.29. The largest absolute Gasteiger partial charge is 0.457 e. The maximum Gasteiger partial charge on any atom is 0.238 e. The van der Waals surface area contributed by atoms with Crippen LogP contribution < -0.4 is 15.0 Å². The molecule has 1 saturated heterocycles. The third-order valence-electron chi connectivity index (χ3n) is 6.16. The predicted molar refractivity (Wildman–Crippen MR) is 129 cm³/mol. The normalized spacial score (nSPS) is 17.1. The van der Waals surface area contributed by atoms with E-state index in [0.717, 1.165) is 21.8 Å². The molecular formula is C26H20N4O3S. The molecule has 6 rings (SSSR count). The standard InChI is InChI=1S/C26H20N4O3S/c31-22-14-16(15-30(22)17-8-2-1-3-9-17)25-28-29-26(34-25)27-24(32)23-18-10-4-6-12-20(18)33-21-13-7-5-11-19(21)23/h1-13,16,23H,14-15H2,(H,27,29,32). The Morgan fingerprint density at radius 1 is 0.912 bits per heavy atom. The van der Waals surface area contributed by atoms with Crippen molar-refractivity contribution >= 4 is 34.0 Å². The number of aromatic nitrogens is 2. The summed E-state index contributed by atoms with van der Waals surface area (Å²) in [5.41, 5.74) is 2.50. The first-order valence-corrected chi connectivity index (χ1v) is 11.8. The van der Waals surface area contributed by atoms with Gasteiger partial charge in [-0.25, -0.2) is 0 Å². The van der Waals surface area contributed by atoms with Crippen molar-refractivity contribution in [3.63, 3.8) is 0 Å². The molecule has 2 aliphatic heterocycles. The SMILES string of the molecule is O=C(Nc1nnc(C2CC(=O)N(c3ccccc3)C2)s1)C1c2ccccc2Oc2ccccc21. The maximum absolute atomic E-state index is 13.4. The highest BCUT2D eigenvalue weighted by molar-refractivity contribution is 7.15. The number of anilines is 2. The number of benzene rings is 3. The minimum atomic E-state index is -0.518. The number of hydrogen-bond donors (Lipinski definition) is 1. The van der Waals surface area contributed by atoms with Gasteiger partial charge in [0.15, 0.2) is 0 Å². The molecule has 0 radical (unpaired) electrons. The first kappa shape index (κ1) is 20.6. The van der Waals surface area contributed by atoms with Crippen LogP contribution in [0.1, 0.15) is 34.4 Å². The maximum atomic E-state index is 13.4. The molecule has 0 aliphatic carbocycles. The van der Waals surface area contributed by atoms with E-state index in [4.69, 9.17) is 4.74 Å². The highest BCUT2D eigenvalue weighted by atomic mass is 32.1. The molecule has 8 heteroatoms. The summed E-state index contributed by atoms with van der Waals surface area (Å²) in [6.45, 7) is 0.548. The van der Waals surface area contributed by atoms with Gasteiger partial charge in [0.05, 0.1) is 5.92 Å². The van der Waals surface area contributed by atoms with Crippen molar-refractivity contribution in [2.24, 2.45) is 0 Å². The molecule has 1 fully saturated rings. The minimum Gasteiger partial charge on any atom is -0.457 e. The topological polar surface area (TPSA) is 84.4 Å². The number of ether oxygens (including phenoxy) is 1. The van der Waals surface area contributed by atoms with Gasteiger partial charge < -0.3 is 9.64 Å². The average Bonchev–Trinajstić information content (AvgIpc) is 3.49. The first-order chi connectivity index (χ1) is 16.7. The van der Waals surface area contributed by atoms with Gasteiger partial charge in [0.1, 0.15) is 16.5 Å². The molecular weight excluding hydrogens is 448 g/mol. The lowest BCUT2D eigenvalue weighted by molar-refractivity contribution is -0.117. The van der Waals surface area contributed by atoms with Gasteiger partial charge in [0, 0.05) is 35.7 Å². The number of hydrogen-bond acceptors (Lipinski definition) is 6. The Balaban J connectivity index is 1.22. The number of rotatable bonds is 4. The van der Waals surface area contributed by atoms with E-state index in [2.05, 4.69) is 15.5 Å². The smallest absolute Gasteiger partial charge is 0.238 e. The number of nitrogens with zero attached hydrogens (tertiary/aromatic N) is 3. The van der Waals surface area contributed by atoms with E-state index in [9.17, 15) is 9.59 Å². The molecule has 3 aromatic carbocycles. The molecule has 1 atom stereocenters. The fourth-order valence-corrected chi connectivity index (χ4v) is 5.39. The summed E-state index contributed by atoms with van der Waals surface area (Å²) in [5, 5.41) is 12.6. The lowest BCUT2D eigenvalue weighted by Gasteiger charge is -2.27. The molecule has 7 nitrogen and oxygen atoms in total. The third-order valence-corrected chi connectivity index (χ3v) is 7.16. The summed E-state index contributed by atoms with van der Waals surface area (Å²) >= 11 is 1.32. The van der Waals surface area contributed by atoms with Crippen molar-refractivity contribution in [1.82, 2.24) is 10.2 Å². The third kappa shape index (κ3) is 3.62. The molecule has 4 aromatic rings. The van der Waals surface area contributed by atoms with Crippen molar-refractivity contribution in [2.45, 2.75) is 18.3 Å². The van der Waals surface area contributed by atoms with Crippen molar-refractivity contribution < 1.29 is 14.3 Å². The Kier molecular flexibility index (Phi) is 5.07. The van der Waals surface area contributed by atoms with E-state index < -0.39 is 5.92 Å². The Morgan fingerprint density at radius 2 is 1.56 bits per heavy atom. The fraction of sp³-hybridized carbons (Fsp3) is 0.154. The molecule has 0 saturated carbocycles. The zero-order valence-electron chi connectivity index (χ0n) is 18.0. The van der Waals surface area contributed by atoms with Crippen LogP contribution in [0.25, 0.3) is 0 Å². The number of fused-ring (bicyclic) bond motifs is 2. The van der Waals surface area contributed by atoms with Crippen LogP contribution in [-0.4, -0.2) is 28.6 Å². The van der Waals surface area contributed by atoms with Gasteiger partial charge in [-0.05, 0) is 24.3 Å². The number of amides is 2. The number of nitrogens with one attached hydrogen (secondary N) is 1. The fourth-order valence-electron chi connectivity index (χ4n) is 4.55. The van der Waals surface area contributed by atoms with Crippen molar-refractivity contribution in [2.75, 3.05) is 16.8 Å². The van der Waals surface area contributed by atoms with E-state index >= 15 is 0 Å². The second kappa shape index (κ2) is 8.39. The van der Waals surface area contributed by atoms with Gasteiger partial charge in [0.2, 0.25) is 16.9 Å². The lowest BCUT2D eigenvalue weighted by Crippen LogP contribution is -2.25. The summed E-state index contributed by atoms with van der Waals surface area (Å²) < 4.78 is 5.99. The van der Waals surface area contributed by atoms with Gasteiger partial charge >= 0.3 is 0 Å². The summed E-state index contributed by atoms with van der Waals surface area (Å²) in [6, 6.07) is 24.7. The van der Waals surface area contributed by atoms with Crippen molar-refractivity contribution in [1.29, 1.82) is 0 Å². The Labute approximate surface area is 200 Å². The first-order valence-electron chi connectivity index (χ1n) is 11.0. The Hall–Kier alpha value is -4.04. The van der Waals surface area contributed by atoms with Gasteiger partial charge in [-0.1, -0.05) is 65.9 Å². The van der Waals surface area contributed by atoms with Crippen LogP contribution in [0, 0.1) is 0 Å². The van der Waals surface area contributed by atoms with Crippen LogP contribution in [0.5, 0.6) is 11.5 Å². The van der Waals surface area contributed by atoms with Crippen molar-refractivity contribution in [3.05, 3.63) is 95.0 Å². The number of carbonyl (C=O) groups excluding carboxylic acids is 2. The molecule has 2 amide bonds. The van der Waals surface area contributed by atoms with E-state index in [1.807, 2.05) is 78.9 Å². The molecule has 0 bridgehead atoms. The van der Waals surface area contributed by atoms with Crippen LogP contribution in [-0.2, 0) is 9.59 Å². The van der Waals surface area contributed by atoms with Crippen LogP contribution in [0.3, 0.4) is 0 Å². The van der Waals surface area contributed by atoms with E-state index in [1.165, 1.54) is 11.3 Å². The van der Waals surface area contributed by atoms with Crippen LogP contribution in [0.4, 0.5) is 10.8 Å². The molecule has 3 heterocycles. The van der Waals surface area contributed by atoms with E-state index in [-0.39, 0.29) is 17.7 Å². The summed E-state index contributed by atoms with van der Waals surface area (Å²) in [6.07, 6.45) is 0.373. The number of para-hydroxylation sites is 3. The predicted octanol–water partition coefficient (Wildman–Crippen LogP) is 4.93. The Morgan fingerprint density at radius 3 is 2.26 bits per heavy atom. The molecule has 1 N–H and O–H groups in total. The quantitative estimate of drug-likeness (QED) is 0.459. The average molecular weight is 469 g/mol. The van der Waals surface area contributed by atoms with Gasteiger partial charge in [-0.3, -0.25) is 14.9 Å². The number of carbonyl (C=O) groups is 2. The summed E-state index contributed by atoms with van der Waals surface area (Å²) in [4.78, 5) is 27.8. The monoisotopic (exact) mass is 468 g/mol. The molecule has 1 unspecified atom stereocenters. The molecule has 168 valence electrons. The second-order valence-corrected chi connectivity index (χ2v) is 9.30.